The van der Waals surface area contributed by atoms with E-state index in [4.69, 9.17) is 4.74 Å². The van der Waals surface area contributed by atoms with E-state index in [-0.39, 0.29) is 24.2 Å². The Hall–Kier alpha value is -1.93. The second-order valence-corrected chi connectivity index (χ2v) is 6.79. The number of ether oxygens (including phenoxy) is 1. The minimum Gasteiger partial charge on any atom is -0.473 e. The van der Waals surface area contributed by atoms with E-state index in [1.165, 1.54) is 6.07 Å². The minimum atomic E-state index is -0.322. The summed E-state index contributed by atoms with van der Waals surface area (Å²) in [5.41, 5.74) is 0.503. The van der Waals surface area contributed by atoms with Crippen LogP contribution in [-0.2, 0) is 13.2 Å². The summed E-state index contributed by atoms with van der Waals surface area (Å²) >= 11 is 3.15. The predicted molar refractivity (Wildman–Crippen MR) is 90.9 cm³/mol. The lowest BCUT2D eigenvalue weighted by atomic mass is 10.2. The summed E-state index contributed by atoms with van der Waals surface area (Å²) < 4.78 is 21.0. The van der Waals surface area contributed by atoms with E-state index < -0.39 is 0 Å². The van der Waals surface area contributed by atoms with E-state index in [2.05, 4.69) is 31.1 Å². The number of benzene rings is 1. The van der Waals surface area contributed by atoms with Crippen LogP contribution < -0.4 is 20.6 Å². The summed E-state index contributed by atoms with van der Waals surface area (Å²) in [7, 11) is 0. The molecule has 1 N–H and O–H groups in total. The monoisotopic (exact) mass is 394 g/mol. The Morgan fingerprint density at radius 1 is 1.42 bits per heavy atom. The number of aromatic nitrogens is 2. The number of rotatable bonds is 3. The number of anilines is 1. The molecule has 1 atom stereocenters. The van der Waals surface area contributed by atoms with Gasteiger partial charge in [-0.25, -0.2) is 9.18 Å². The first-order valence-corrected chi connectivity index (χ1v) is 8.57. The van der Waals surface area contributed by atoms with E-state index >= 15 is 0 Å². The van der Waals surface area contributed by atoms with Crippen LogP contribution in [0.2, 0.25) is 0 Å². The normalized spacial score (nSPS) is 19.1. The van der Waals surface area contributed by atoms with Gasteiger partial charge in [-0.2, -0.15) is 4.98 Å². The number of fused-ring (bicyclic) bond motifs is 3. The molecule has 1 saturated heterocycles. The van der Waals surface area contributed by atoms with Gasteiger partial charge in [-0.15, -0.1) is 0 Å². The van der Waals surface area contributed by atoms with Gasteiger partial charge >= 0.3 is 5.69 Å². The van der Waals surface area contributed by atoms with Crippen molar-refractivity contribution in [2.24, 2.45) is 0 Å². The standard InChI is InChI=1S/C16H16BrFN4O2/c17-12-5-10(1-2-13(12)18)9-24-14-6-15-21-4-3-19-7-11(21)8-22(15)16(23)20-14/h1-2,5-6,11,19H,3-4,7-9H2. The Bertz CT molecular complexity index is 841. The summed E-state index contributed by atoms with van der Waals surface area (Å²) in [6, 6.07) is 6.77. The molecule has 2 aromatic rings. The number of halogens is 2. The molecule has 0 bridgehead atoms. The van der Waals surface area contributed by atoms with Gasteiger partial charge in [-0.1, -0.05) is 6.07 Å². The number of nitrogens with one attached hydrogen (secondary N) is 1. The van der Waals surface area contributed by atoms with Gasteiger partial charge in [0, 0.05) is 25.7 Å². The highest BCUT2D eigenvalue weighted by molar-refractivity contribution is 9.10. The van der Waals surface area contributed by atoms with Gasteiger partial charge in [0.05, 0.1) is 17.1 Å². The highest BCUT2D eigenvalue weighted by atomic mass is 79.9. The lowest BCUT2D eigenvalue weighted by Gasteiger charge is -2.31. The number of nitrogens with zero attached hydrogens (tertiary/aromatic N) is 3. The summed E-state index contributed by atoms with van der Waals surface area (Å²) in [6.45, 7) is 3.49. The first kappa shape index (κ1) is 15.6. The van der Waals surface area contributed by atoms with E-state index in [1.807, 2.05) is 6.07 Å². The molecule has 0 saturated carbocycles. The van der Waals surface area contributed by atoms with Crippen LogP contribution in [0.3, 0.4) is 0 Å². The first-order chi connectivity index (χ1) is 11.6. The Morgan fingerprint density at radius 3 is 3.12 bits per heavy atom. The molecule has 0 spiro atoms. The zero-order valence-corrected chi connectivity index (χ0v) is 14.4. The van der Waals surface area contributed by atoms with Gasteiger partial charge in [0.1, 0.15) is 18.2 Å². The van der Waals surface area contributed by atoms with Crippen molar-refractivity contribution >= 4 is 21.7 Å². The molecule has 3 heterocycles. The third-order valence-corrected chi connectivity index (χ3v) is 4.98. The molecule has 0 radical (unpaired) electrons. The number of hydrogen-bond donors (Lipinski definition) is 1. The first-order valence-electron chi connectivity index (χ1n) is 7.78. The molecule has 1 aromatic heterocycles. The maximum Gasteiger partial charge on any atom is 0.352 e. The third kappa shape index (κ3) is 2.80. The van der Waals surface area contributed by atoms with Crippen molar-refractivity contribution in [3.8, 4) is 5.88 Å². The van der Waals surface area contributed by atoms with Gasteiger partial charge in [0.2, 0.25) is 5.88 Å². The van der Waals surface area contributed by atoms with Crippen LogP contribution in [-0.4, -0.2) is 35.2 Å². The Kier molecular flexibility index (Phi) is 4.01. The van der Waals surface area contributed by atoms with Crippen LogP contribution in [0.15, 0.2) is 33.5 Å². The average molecular weight is 395 g/mol. The fraction of sp³-hybridized carbons (Fsp3) is 0.375. The van der Waals surface area contributed by atoms with Crippen LogP contribution in [0.5, 0.6) is 5.88 Å². The number of hydrogen-bond acceptors (Lipinski definition) is 5. The smallest absolute Gasteiger partial charge is 0.352 e. The predicted octanol–water partition coefficient (Wildman–Crippen LogP) is 1.52. The Morgan fingerprint density at radius 2 is 2.29 bits per heavy atom. The van der Waals surface area contributed by atoms with Crippen LogP contribution in [0.4, 0.5) is 10.2 Å². The molecular weight excluding hydrogens is 379 g/mol. The summed E-state index contributed by atoms with van der Waals surface area (Å²) in [6.07, 6.45) is 0. The van der Waals surface area contributed by atoms with E-state index in [1.54, 1.807) is 16.7 Å². The molecule has 4 rings (SSSR count). The molecule has 0 amide bonds. The van der Waals surface area contributed by atoms with Crippen molar-refractivity contribution < 1.29 is 9.13 Å². The molecule has 1 fully saturated rings. The molecule has 0 aliphatic carbocycles. The van der Waals surface area contributed by atoms with Gasteiger partial charge < -0.3 is 15.0 Å². The van der Waals surface area contributed by atoms with Crippen molar-refractivity contribution in [1.29, 1.82) is 0 Å². The molecule has 8 heteroatoms. The highest BCUT2D eigenvalue weighted by Gasteiger charge is 2.32. The fourth-order valence-corrected chi connectivity index (χ4v) is 3.61. The number of piperazine rings is 1. The Labute approximate surface area is 146 Å². The quantitative estimate of drug-likeness (QED) is 0.854. The maximum absolute atomic E-state index is 13.3. The zero-order chi connectivity index (χ0) is 16.7. The van der Waals surface area contributed by atoms with Gasteiger partial charge in [-0.3, -0.25) is 4.57 Å². The molecule has 2 aliphatic heterocycles. The van der Waals surface area contributed by atoms with Crippen LogP contribution in [0.1, 0.15) is 5.56 Å². The SMILES string of the molecule is O=c1nc(OCc2ccc(F)c(Br)c2)cc2n1CC1CNCCN21. The summed E-state index contributed by atoms with van der Waals surface area (Å²) in [4.78, 5) is 18.5. The topological polar surface area (TPSA) is 59.4 Å². The van der Waals surface area contributed by atoms with Crippen LogP contribution in [0.25, 0.3) is 0 Å². The maximum atomic E-state index is 13.3. The molecule has 1 unspecified atom stereocenters. The molecule has 6 nitrogen and oxygen atoms in total. The van der Waals surface area contributed by atoms with Crippen molar-refractivity contribution in [3.05, 3.63) is 50.6 Å². The van der Waals surface area contributed by atoms with E-state index in [9.17, 15) is 9.18 Å². The third-order valence-electron chi connectivity index (χ3n) is 4.37. The molecule has 24 heavy (non-hydrogen) atoms. The molecule has 126 valence electrons. The Balaban J connectivity index is 1.56. The lowest BCUT2D eigenvalue weighted by Crippen LogP contribution is -2.49. The summed E-state index contributed by atoms with van der Waals surface area (Å²) in [5.74, 6) is 0.833. The van der Waals surface area contributed by atoms with Crippen molar-refractivity contribution in [2.75, 3.05) is 24.5 Å². The lowest BCUT2D eigenvalue weighted by molar-refractivity contribution is 0.291. The minimum absolute atomic E-state index is 0.222. The van der Waals surface area contributed by atoms with Crippen molar-refractivity contribution in [2.45, 2.75) is 19.2 Å². The second-order valence-electron chi connectivity index (χ2n) is 5.93. The van der Waals surface area contributed by atoms with E-state index in [0.717, 1.165) is 31.0 Å². The fourth-order valence-electron chi connectivity index (χ4n) is 3.18. The highest BCUT2D eigenvalue weighted by Crippen LogP contribution is 2.27. The second kappa shape index (κ2) is 6.18. The van der Waals surface area contributed by atoms with Gasteiger partial charge in [0.15, 0.2) is 0 Å². The average Bonchev–Trinajstić information content (AvgIpc) is 2.95. The molecule has 2 aliphatic rings. The summed E-state index contributed by atoms with van der Waals surface area (Å²) in [5, 5.41) is 3.34. The largest absolute Gasteiger partial charge is 0.473 e. The van der Waals surface area contributed by atoms with Gasteiger partial charge in [-0.05, 0) is 33.6 Å². The van der Waals surface area contributed by atoms with Gasteiger partial charge in [0.25, 0.3) is 0 Å². The van der Waals surface area contributed by atoms with Crippen molar-refractivity contribution in [1.82, 2.24) is 14.9 Å². The molecule has 1 aromatic carbocycles. The molecular formula is C16H16BrFN4O2. The van der Waals surface area contributed by atoms with E-state index in [0.29, 0.717) is 16.9 Å². The van der Waals surface area contributed by atoms with Crippen LogP contribution >= 0.6 is 15.9 Å². The zero-order valence-electron chi connectivity index (χ0n) is 12.8. The van der Waals surface area contributed by atoms with Crippen LogP contribution in [0, 0.1) is 5.82 Å². The van der Waals surface area contributed by atoms with Crippen molar-refractivity contribution in [3.63, 3.8) is 0 Å².